The predicted molar refractivity (Wildman–Crippen MR) is 127 cm³/mol. The second-order valence-corrected chi connectivity index (χ2v) is 7.69. The van der Waals surface area contributed by atoms with Crippen molar-refractivity contribution < 1.29 is 14.3 Å². The van der Waals surface area contributed by atoms with Gasteiger partial charge in [-0.3, -0.25) is 9.69 Å². The fourth-order valence-electron chi connectivity index (χ4n) is 3.56. The van der Waals surface area contributed by atoms with Crippen LogP contribution < -0.4 is 21.7 Å². The molecule has 0 radical (unpaired) electrons. The van der Waals surface area contributed by atoms with Gasteiger partial charge in [0.2, 0.25) is 0 Å². The summed E-state index contributed by atoms with van der Waals surface area (Å²) in [5.41, 5.74) is 14.5. The van der Waals surface area contributed by atoms with E-state index in [-0.39, 0.29) is 12.5 Å². The normalized spacial score (nSPS) is 15.7. The molecule has 2 aromatic carbocycles. The van der Waals surface area contributed by atoms with Gasteiger partial charge >= 0.3 is 6.09 Å². The SMILES string of the molecule is Nc1ccccc1NC(=O)c1ccc(N2CCN(C(=O)OCc3ccccc3)[C@@H](N)C2)nc1. The molecule has 0 bridgehead atoms. The minimum absolute atomic E-state index is 0.201. The van der Waals surface area contributed by atoms with Crippen LogP contribution in [0.15, 0.2) is 72.9 Å². The third-order valence-electron chi connectivity index (χ3n) is 5.40. The van der Waals surface area contributed by atoms with E-state index in [1.165, 1.54) is 11.1 Å². The molecule has 9 nitrogen and oxygen atoms in total. The quantitative estimate of drug-likeness (QED) is 0.514. The number of nitrogen functional groups attached to an aromatic ring is 1. The van der Waals surface area contributed by atoms with E-state index in [0.717, 1.165) is 5.56 Å². The van der Waals surface area contributed by atoms with Crippen molar-refractivity contribution in [1.29, 1.82) is 0 Å². The Morgan fingerprint density at radius 2 is 1.79 bits per heavy atom. The van der Waals surface area contributed by atoms with Gasteiger partial charge in [-0.05, 0) is 29.8 Å². The van der Waals surface area contributed by atoms with Crippen molar-refractivity contribution in [2.24, 2.45) is 5.73 Å². The molecule has 5 N–H and O–H groups in total. The number of carbonyl (C=O) groups is 2. The van der Waals surface area contributed by atoms with E-state index in [9.17, 15) is 9.59 Å². The lowest BCUT2D eigenvalue weighted by molar-refractivity contribution is 0.0772. The molecule has 3 aromatic rings. The van der Waals surface area contributed by atoms with E-state index >= 15 is 0 Å². The highest BCUT2D eigenvalue weighted by Gasteiger charge is 2.29. The number of nitrogens with two attached hydrogens (primary N) is 2. The number of pyridine rings is 1. The van der Waals surface area contributed by atoms with Gasteiger partial charge in [-0.1, -0.05) is 42.5 Å². The molecule has 2 amide bonds. The lowest BCUT2D eigenvalue weighted by Gasteiger charge is -2.39. The van der Waals surface area contributed by atoms with Gasteiger partial charge in [-0.25, -0.2) is 9.78 Å². The summed E-state index contributed by atoms with van der Waals surface area (Å²) in [4.78, 5) is 32.8. The number of anilines is 3. The molecule has 4 rings (SSSR count). The lowest BCUT2D eigenvalue weighted by Crippen LogP contribution is -2.59. The minimum atomic E-state index is -0.534. The fraction of sp³-hybridized carbons (Fsp3) is 0.208. The van der Waals surface area contributed by atoms with Crippen molar-refractivity contribution in [3.63, 3.8) is 0 Å². The number of amides is 2. The van der Waals surface area contributed by atoms with Crippen molar-refractivity contribution >= 4 is 29.2 Å². The number of nitrogens with zero attached hydrogens (tertiary/aromatic N) is 3. The van der Waals surface area contributed by atoms with Crippen molar-refractivity contribution in [1.82, 2.24) is 9.88 Å². The topological polar surface area (TPSA) is 127 Å². The molecule has 0 saturated carbocycles. The summed E-state index contributed by atoms with van der Waals surface area (Å²) in [6, 6.07) is 20.0. The third kappa shape index (κ3) is 5.39. The number of nitrogens with one attached hydrogen (secondary N) is 1. The summed E-state index contributed by atoms with van der Waals surface area (Å²) >= 11 is 0. The van der Waals surface area contributed by atoms with Crippen LogP contribution in [0.25, 0.3) is 0 Å². The van der Waals surface area contributed by atoms with Gasteiger partial charge in [-0.2, -0.15) is 0 Å². The van der Waals surface area contributed by atoms with E-state index in [4.69, 9.17) is 16.2 Å². The maximum absolute atomic E-state index is 12.5. The average Bonchev–Trinajstić information content (AvgIpc) is 2.84. The van der Waals surface area contributed by atoms with Crippen LogP contribution in [-0.4, -0.2) is 47.7 Å². The molecule has 2 heterocycles. The molecule has 9 heteroatoms. The minimum Gasteiger partial charge on any atom is -0.445 e. The molecule has 0 aliphatic carbocycles. The van der Waals surface area contributed by atoms with Crippen LogP contribution in [-0.2, 0) is 11.3 Å². The summed E-state index contributed by atoms with van der Waals surface area (Å²) < 4.78 is 5.40. The van der Waals surface area contributed by atoms with Crippen molar-refractivity contribution in [3.05, 3.63) is 84.1 Å². The van der Waals surface area contributed by atoms with E-state index in [2.05, 4.69) is 10.3 Å². The first kappa shape index (κ1) is 22.1. The molecule has 33 heavy (non-hydrogen) atoms. The smallest absolute Gasteiger partial charge is 0.411 e. The van der Waals surface area contributed by atoms with Crippen LogP contribution in [0.3, 0.4) is 0 Å². The zero-order chi connectivity index (χ0) is 23.2. The number of carbonyl (C=O) groups excluding carboxylic acids is 2. The second-order valence-electron chi connectivity index (χ2n) is 7.69. The number of para-hydroxylation sites is 2. The summed E-state index contributed by atoms with van der Waals surface area (Å²) in [6.07, 6.45) is 0.537. The van der Waals surface area contributed by atoms with E-state index < -0.39 is 12.3 Å². The number of aromatic nitrogens is 1. The zero-order valence-corrected chi connectivity index (χ0v) is 18.1. The number of hydrogen-bond donors (Lipinski definition) is 3. The molecular weight excluding hydrogens is 420 g/mol. The van der Waals surface area contributed by atoms with Gasteiger partial charge in [0.25, 0.3) is 5.91 Å². The first-order valence-electron chi connectivity index (χ1n) is 10.6. The van der Waals surface area contributed by atoms with Gasteiger partial charge in [0, 0.05) is 19.3 Å². The Labute approximate surface area is 191 Å². The molecular formula is C24H26N6O3. The Bertz CT molecular complexity index is 1110. The number of piperazine rings is 1. The molecule has 1 fully saturated rings. The Morgan fingerprint density at radius 1 is 1.03 bits per heavy atom. The van der Waals surface area contributed by atoms with Gasteiger partial charge in [0.1, 0.15) is 18.6 Å². The largest absolute Gasteiger partial charge is 0.445 e. The number of ether oxygens (including phenoxy) is 1. The van der Waals surface area contributed by atoms with Crippen molar-refractivity contribution in [2.75, 3.05) is 35.6 Å². The van der Waals surface area contributed by atoms with Crippen molar-refractivity contribution in [3.8, 4) is 0 Å². The maximum atomic E-state index is 12.5. The zero-order valence-electron chi connectivity index (χ0n) is 18.1. The van der Waals surface area contributed by atoms with Crippen LogP contribution in [0.4, 0.5) is 22.0 Å². The number of rotatable bonds is 5. The highest BCUT2D eigenvalue weighted by molar-refractivity contribution is 6.05. The van der Waals surface area contributed by atoms with E-state index in [1.807, 2.05) is 35.2 Å². The average molecular weight is 447 g/mol. The molecule has 1 aliphatic rings. The lowest BCUT2D eigenvalue weighted by atomic mass is 10.2. The standard InChI is InChI=1S/C24H26N6O3/c25-19-8-4-5-9-20(19)28-23(31)18-10-11-22(27-14-18)29-12-13-30(21(26)15-29)24(32)33-16-17-6-2-1-3-7-17/h1-11,14,21H,12-13,15-16,25-26H2,(H,28,31)/t21-/m1/s1. The van der Waals surface area contributed by atoms with Crippen LogP contribution in [0.2, 0.25) is 0 Å². The summed E-state index contributed by atoms with van der Waals surface area (Å²) in [7, 11) is 0. The van der Waals surface area contributed by atoms with Gasteiger partial charge in [-0.15, -0.1) is 0 Å². The molecule has 0 spiro atoms. The van der Waals surface area contributed by atoms with Gasteiger partial charge in [0.05, 0.1) is 23.5 Å². The summed E-state index contributed by atoms with van der Waals surface area (Å²) in [5.74, 6) is 0.383. The molecule has 0 unspecified atom stereocenters. The van der Waals surface area contributed by atoms with Gasteiger partial charge in [0.15, 0.2) is 0 Å². The Morgan fingerprint density at radius 3 is 2.48 bits per heavy atom. The monoisotopic (exact) mass is 446 g/mol. The molecule has 1 saturated heterocycles. The van der Waals surface area contributed by atoms with Crippen molar-refractivity contribution in [2.45, 2.75) is 12.8 Å². The Kier molecular flexibility index (Phi) is 6.70. The fourth-order valence-corrected chi connectivity index (χ4v) is 3.56. The third-order valence-corrected chi connectivity index (χ3v) is 5.40. The molecule has 1 atom stereocenters. The highest BCUT2D eigenvalue weighted by Crippen LogP contribution is 2.20. The van der Waals surface area contributed by atoms with Crippen LogP contribution in [0, 0.1) is 0 Å². The maximum Gasteiger partial charge on any atom is 0.411 e. The molecule has 1 aromatic heterocycles. The van der Waals surface area contributed by atoms with Crippen LogP contribution in [0.1, 0.15) is 15.9 Å². The highest BCUT2D eigenvalue weighted by atomic mass is 16.6. The molecule has 1 aliphatic heterocycles. The predicted octanol–water partition coefficient (Wildman–Crippen LogP) is 2.66. The molecule has 170 valence electrons. The van der Waals surface area contributed by atoms with Crippen LogP contribution in [0.5, 0.6) is 0 Å². The summed E-state index contributed by atoms with van der Waals surface area (Å²) in [5, 5.41) is 2.78. The number of hydrogen-bond acceptors (Lipinski definition) is 7. The van der Waals surface area contributed by atoms with Gasteiger partial charge < -0.3 is 26.4 Å². The van der Waals surface area contributed by atoms with Crippen LogP contribution >= 0.6 is 0 Å². The van der Waals surface area contributed by atoms with E-state index in [1.54, 1.807) is 36.4 Å². The Balaban J connectivity index is 1.32. The first-order chi connectivity index (χ1) is 16.0. The Hall–Kier alpha value is -4.11. The summed E-state index contributed by atoms with van der Waals surface area (Å²) in [6.45, 7) is 1.56. The van der Waals surface area contributed by atoms with E-state index in [0.29, 0.717) is 42.4 Å². The number of benzene rings is 2. The second kappa shape index (κ2) is 10.0. The first-order valence-corrected chi connectivity index (χ1v) is 10.6.